The van der Waals surface area contributed by atoms with E-state index in [1.165, 1.54) is 54.7 Å². The van der Waals surface area contributed by atoms with E-state index in [0.717, 1.165) is 48.5 Å². The van der Waals surface area contributed by atoms with Crippen molar-refractivity contribution in [2.75, 3.05) is 13.1 Å². The van der Waals surface area contributed by atoms with Crippen LogP contribution in [-0.2, 0) is 19.4 Å². The van der Waals surface area contributed by atoms with Gasteiger partial charge in [0.2, 0.25) is 5.88 Å². The van der Waals surface area contributed by atoms with Crippen LogP contribution in [0.4, 0.5) is 5.69 Å². The van der Waals surface area contributed by atoms with Crippen LogP contribution < -0.4 is 4.74 Å². The molecular weight excluding hydrogens is 400 g/mol. The van der Waals surface area contributed by atoms with E-state index in [4.69, 9.17) is 14.7 Å². The normalized spacial score (nSPS) is 17.1. The summed E-state index contributed by atoms with van der Waals surface area (Å²) < 4.78 is 6.20. The molecule has 1 saturated heterocycles. The summed E-state index contributed by atoms with van der Waals surface area (Å²) >= 11 is 1.77. The number of fused-ring (bicyclic) bond motifs is 3. The average molecular weight is 425 g/mol. The Morgan fingerprint density at radius 2 is 1.80 bits per heavy atom. The lowest BCUT2D eigenvalue weighted by atomic mass is 9.97. The monoisotopic (exact) mass is 424 g/mol. The van der Waals surface area contributed by atoms with E-state index in [0.29, 0.717) is 11.6 Å². The highest BCUT2D eigenvalue weighted by molar-refractivity contribution is 7.18. The van der Waals surface area contributed by atoms with Crippen molar-refractivity contribution in [2.45, 2.75) is 51.5 Å². The van der Waals surface area contributed by atoms with Gasteiger partial charge in [-0.05, 0) is 69.3 Å². The Hall–Kier alpha value is -2.58. The summed E-state index contributed by atoms with van der Waals surface area (Å²) in [6, 6.07) is 6.20. The first-order valence-electron chi connectivity index (χ1n) is 10.6. The highest BCUT2D eigenvalue weighted by Gasteiger charge is 2.23. The van der Waals surface area contributed by atoms with Gasteiger partial charge in [0.05, 0.1) is 16.9 Å². The van der Waals surface area contributed by atoms with E-state index >= 15 is 0 Å². The first-order valence-corrected chi connectivity index (χ1v) is 11.4. The van der Waals surface area contributed by atoms with E-state index < -0.39 is 4.92 Å². The fourth-order valence-corrected chi connectivity index (χ4v) is 5.65. The van der Waals surface area contributed by atoms with Gasteiger partial charge in [-0.15, -0.1) is 11.3 Å². The minimum absolute atomic E-state index is 0.0499. The molecule has 0 unspecified atom stereocenters. The summed E-state index contributed by atoms with van der Waals surface area (Å²) in [5.74, 6) is 1.93. The first-order chi connectivity index (χ1) is 14.7. The molecule has 0 amide bonds. The van der Waals surface area contributed by atoms with E-state index in [-0.39, 0.29) is 5.69 Å². The molecule has 0 bridgehead atoms. The molecule has 1 aliphatic heterocycles. The number of benzene rings is 1. The molecule has 0 radical (unpaired) electrons. The van der Waals surface area contributed by atoms with Crippen LogP contribution >= 0.6 is 11.3 Å². The lowest BCUT2D eigenvalue weighted by molar-refractivity contribution is -0.384. The molecule has 30 heavy (non-hydrogen) atoms. The Labute approximate surface area is 178 Å². The standard InChI is InChI=1S/C22H24N4O3S/c27-26(28)15-8-10-16(11-9-15)29-21-20-17-6-2-3-7-18(17)30-22(20)24-19(23-21)14-25-12-4-1-5-13-25/h8-11H,1-7,12-14H2. The number of hydrogen-bond donors (Lipinski definition) is 0. The SMILES string of the molecule is O=[N+]([O-])c1ccc(Oc2nc(CN3CCCCC3)nc3sc4c(c23)CCCC4)cc1. The van der Waals surface area contributed by atoms with Gasteiger partial charge in [0.1, 0.15) is 16.4 Å². The summed E-state index contributed by atoms with van der Waals surface area (Å²) in [6.07, 6.45) is 8.25. The third-order valence-electron chi connectivity index (χ3n) is 5.90. The van der Waals surface area contributed by atoms with Crippen LogP contribution in [0.2, 0.25) is 0 Å². The molecule has 2 aromatic heterocycles. The van der Waals surface area contributed by atoms with Gasteiger partial charge in [-0.3, -0.25) is 15.0 Å². The summed E-state index contributed by atoms with van der Waals surface area (Å²) in [5, 5.41) is 12.0. The predicted molar refractivity (Wildman–Crippen MR) is 116 cm³/mol. The maximum atomic E-state index is 10.9. The molecule has 8 heteroatoms. The number of nitrogens with zero attached hydrogens (tertiary/aromatic N) is 4. The molecule has 3 aromatic rings. The Kier molecular flexibility index (Phi) is 5.35. The van der Waals surface area contributed by atoms with Crippen LogP contribution in [0.5, 0.6) is 11.6 Å². The molecule has 0 saturated carbocycles. The highest BCUT2D eigenvalue weighted by atomic mass is 32.1. The zero-order valence-corrected chi connectivity index (χ0v) is 17.6. The van der Waals surface area contributed by atoms with Crippen LogP contribution in [0.15, 0.2) is 24.3 Å². The van der Waals surface area contributed by atoms with Gasteiger partial charge in [0.15, 0.2) is 0 Å². The molecule has 0 spiro atoms. The largest absolute Gasteiger partial charge is 0.438 e. The number of nitro benzene ring substituents is 1. The van der Waals surface area contributed by atoms with Crippen molar-refractivity contribution in [3.05, 3.63) is 50.6 Å². The molecule has 1 aliphatic carbocycles. The number of nitro groups is 1. The third kappa shape index (κ3) is 3.89. The molecule has 1 aromatic carbocycles. The van der Waals surface area contributed by atoms with Gasteiger partial charge < -0.3 is 4.74 Å². The highest BCUT2D eigenvalue weighted by Crippen LogP contribution is 2.41. The Morgan fingerprint density at radius 1 is 1.03 bits per heavy atom. The zero-order valence-electron chi connectivity index (χ0n) is 16.8. The molecule has 5 rings (SSSR count). The average Bonchev–Trinajstić information content (AvgIpc) is 3.13. The van der Waals surface area contributed by atoms with Crippen LogP contribution in [0.25, 0.3) is 10.2 Å². The van der Waals surface area contributed by atoms with Gasteiger partial charge in [-0.2, -0.15) is 4.98 Å². The zero-order chi connectivity index (χ0) is 20.5. The summed E-state index contributed by atoms with van der Waals surface area (Å²) in [4.78, 5) is 25.1. The number of piperidine rings is 1. The van der Waals surface area contributed by atoms with E-state index in [1.54, 1.807) is 23.5 Å². The molecule has 0 atom stereocenters. The van der Waals surface area contributed by atoms with Crippen LogP contribution in [0.3, 0.4) is 0 Å². The summed E-state index contributed by atoms with van der Waals surface area (Å²) in [6.45, 7) is 2.90. The second-order valence-corrected chi connectivity index (χ2v) is 9.11. The predicted octanol–water partition coefficient (Wildman–Crippen LogP) is 5.26. The minimum Gasteiger partial charge on any atom is -0.438 e. The number of thiophene rings is 1. The second-order valence-electron chi connectivity index (χ2n) is 8.03. The molecule has 156 valence electrons. The van der Waals surface area contributed by atoms with Crippen molar-refractivity contribution in [2.24, 2.45) is 0 Å². The maximum Gasteiger partial charge on any atom is 0.269 e. The van der Waals surface area contributed by atoms with Crippen LogP contribution in [-0.4, -0.2) is 32.9 Å². The van der Waals surface area contributed by atoms with Gasteiger partial charge >= 0.3 is 0 Å². The Balaban J connectivity index is 1.52. The Bertz CT molecular complexity index is 1070. The molecule has 7 nitrogen and oxygen atoms in total. The molecule has 2 aliphatic rings. The minimum atomic E-state index is -0.404. The number of aryl methyl sites for hydroxylation is 2. The van der Waals surface area contributed by atoms with Crippen molar-refractivity contribution in [1.29, 1.82) is 0 Å². The quantitative estimate of drug-likeness (QED) is 0.411. The smallest absolute Gasteiger partial charge is 0.269 e. The number of rotatable bonds is 5. The van der Waals surface area contributed by atoms with Gasteiger partial charge in [0, 0.05) is 17.0 Å². The molecule has 3 heterocycles. The van der Waals surface area contributed by atoms with Crippen molar-refractivity contribution < 1.29 is 9.66 Å². The number of likely N-dealkylation sites (tertiary alicyclic amines) is 1. The van der Waals surface area contributed by atoms with Gasteiger partial charge in [-0.25, -0.2) is 4.98 Å². The lowest BCUT2D eigenvalue weighted by Crippen LogP contribution is -2.29. The van der Waals surface area contributed by atoms with Crippen molar-refractivity contribution >= 4 is 27.2 Å². The van der Waals surface area contributed by atoms with E-state index in [2.05, 4.69) is 4.90 Å². The fraction of sp³-hybridized carbons (Fsp3) is 0.455. The Morgan fingerprint density at radius 3 is 2.57 bits per heavy atom. The van der Waals surface area contributed by atoms with Gasteiger partial charge in [-0.1, -0.05) is 6.42 Å². The summed E-state index contributed by atoms with van der Waals surface area (Å²) in [5.41, 5.74) is 1.37. The topological polar surface area (TPSA) is 81.4 Å². The summed E-state index contributed by atoms with van der Waals surface area (Å²) in [7, 11) is 0. The lowest BCUT2D eigenvalue weighted by Gasteiger charge is -2.25. The third-order valence-corrected chi connectivity index (χ3v) is 7.09. The van der Waals surface area contributed by atoms with E-state index in [1.807, 2.05) is 0 Å². The number of ether oxygens (including phenoxy) is 1. The second kappa shape index (κ2) is 8.28. The van der Waals surface area contributed by atoms with Crippen LogP contribution in [0.1, 0.15) is 48.4 Å². The number of non-ortho nitro benzene ring substituents is 1. The van der Waals surface area contributed by atoms with Crippen molar-refractivity contribution in [1.82, 2.24) is 14.9 Å². The first kappa shape index (κ1) is 19.4. The van der Waals surface area contributed by atoms with Crippen molar-refractivity contribution in [3.63, 3.8) is 0 Å². The van der Waals surface area contributed by atoms with Gasteiger partial charge in [0.25, 0.3) is 5.69 Å². The molecule has 0 N–H and O–H groups in total. The van der Waals surface area contributed by atoms with E-state index in [9.17, 15) is 10.1 Å². The number of hydrogen-bond acceptors (Lipinski definition) is 7. The van der Waals surface area contributed by atoms with Crippen LogP contribution in [0, 0.1) is 10.1 Å². The number of aromatic nitrogens is 2. The fourth-order valence-electron chi connectivity index (χ4n) is 4.38. The van der Waals surface area contributed by atoms with Crippen molar-refractivity contribution in [3.8, 4) is 11.6 Å². The molecule has 1 fully saturated rings. The maximum absolute atomic E-state index is 10.9. The molecular formula is C22H24N4O3S.